The molecule has 11 nitrogen and oxygen atoms in total. The highest BCUT2D eigenvalue weighted by Crippen LogP contribution is 2.31. The second-order valence-electron chi connectivity index (χ2n) is 12.6. The van der Waals surface area contributed by atoms with E-state index in [-0.39, 0.29) is 27.8 Å². The highest BCUT2D eigenvalue weighted by atomic mass is 32.2. The Morgan fingerprint density at radius 2 is 1.67 bits per heavy atom. The molecule has 2 N–H and O–H groups in total. The molecule has 1 aliphatic rings. The van der Waals surface area contributed by atoms with Crippen LogP contribution in [0.1, 0.15) is 76.6 Å². The van der Waals surface area contributed by atoms with Crippen LogP contribution in [0.5, 0.6) is 0 Å². The summed E-state index contributed by atoms with van der Waals surface area (Å²) in [4.78, 5) is 27.9. The van der Waals surface area contributed by atoms with E-state index in [0.717, 1.165) is 48.4 Å². The molecule has 45 heavy (non-hydrogen) atoms. The Kier molecular flexibility index (Phi) is 12.3. The number of ether oxygens (including phenoxy) is 1. The standard InChI is InChI=1S/C32H48N4O7S2/c1-7-8-9-10-11-20-45(41,42)27-15-12-25(13-16-27)34-30(37)28-21-26(14-17-29(28)35(5)44(6,39)40)36-19-18-24(23-36)22-33-31(38)43-32(2,3)4/h12-17,21,24H,7-11,18-20,22-23H2,1-6H3,(H,33,38)(H,34,37)/t24-/m1/s1. The van der Waals surface area contributed by atoms with Gasteiger partial charge in [-0.1, -0.05) is 32.6 Å². The average molecular weight is 665 g/mol. The summed E-state index contributed by atoms with van der Waals surface area (Å²) in [5.41, 5.74) is 0.903. The van der Waals surface area contributed by atoms with Crippen molar-refractivity contribution in [1.29, 1.82) is 0 Å². The zero-order chi connectivity index (χ0) is 33.4. The van der Waals surface area contributed by atoms with E-state index in [1.807, 2.05) is 0 Å². The topological polar surface area (TPSA) is 142 Å². The molecule has 1 heterocycles. The Bertz CT molecular complexity index is 1540. The van der Waals surface area contributed by atoms with Crippen molar-refractivity contribution in [3.8, 4) is 0 Å². The van der Waals surface area contributed by atoms with Crippen molar-refractivity contribution >= 4 is 48.9 Å². The van der Waals surface area contributed by atoms with Crippen LogP contribution in [0.2, 0.25) is 0 Å². The van der Waals surface area contributed by atoms with E-state index in [4.69, 9.17) is 4.74 Å². The molecule has 1 atom stereocenters. The van der Waals surface area contributed by atoms with Crippen LogP contribution in [0.4, 0.5) is 21.9 Å². The number of nitrogens with one attached hydrogen (secondary N) is 2. The van der Waals surface area contributed by atoms with Gasteiger partial charge in [-0.25, -0.2) is 21.6 Å². The highest BCUT2D eigenvalue weighted by Gasteiger charge is 2.27. The smallest absolute Gasteiger partial charge is 0.407 e. The molecule has 2 aromatic rings. The third kappa shape index (κ3) is 10.9. The van der Waals surface area contributed by atoms with Crippen molar-refractivity contribution in [2.45, 2.75) is 76.7 Å². The Morgan fingerprint density at radius 3 is 2.29 bits per heavy atom. The SMILES string of the molecule is CCCCCCCS(=O)(=O)c1ccc(NC(=O)c2cc(N3CC[C@H](CNC(=O)OC(C)(C)C)C3)ccc2N(C)S(C)(=O)=O)cc1. The number of rotatable bonds is 14. The lowest BCUT2D eigenvalue weighted by atomic mass is 10.1. The van der Waals surface area contributed by atoms with Gasteiger partial charge < -0.3 is 20.3 Å². The van der Waals surface area contributed by atoms with Gasteiger partial charge in [0.25, 0.3) is 5.91 Å². The average Bonchev–Trinajstić information content (AvgIpc) is 3.43. The fourth-order valence-corrected chi connectivity index (χ4v) is 6.98. The van der Waals surface area contributed by atoms with Crippen LogP contribution in [0, 0.1) is 5.92 Å². The zero-order valence-corrected chi connectivity index (χ0v) is 28.9. The van der Waals surface area contributed by atoms with Crippen LogP contribution < -0.4 is 19.8 Å². The van der Waals surface area contributed by atoms with Gasteiger partial charge in [-0.2, -0.15) is 0 Å². The minimum absolute atomic E-state index is 0.0742. The van der Waals surface area contributed by atoms with E-state index in [9.17, 15) is 26.4 Å². The third-order valence-corrected chi connectivity index (χ3v) is 10.6. The fraction of sp³-hybridized carbons (Fsp3) is 0.562. The summed E-state index contributed by atoms with van der Waals surface area (Å²) in [6.45, 7) is 9.29. The summed E-state index contributed by atoms with van der Waals surface area (Å²) in [6.07, 6.45) is 6.07. The molecule has 2 aromatic carbocycles. The number of carbonyl (C=O) groups is 2. The normalized spacial score (nSPS) is 15.5. The molecule has 1 fully saturated rings. The number of alkyl carbamates (subject to hydrolysis) is 1. The van der Waals surface area contributed by atoms with E-state index >= 15 is 0 Å². The second-order valence-corrected chi connectivity index (χ2v) is 16.7. The Hall–Kier alpha value is -3.32. The maximum Gasteiger partial charge on any atom is 0.407 e. The first kappa shape index (κ1) is 36.2. The van der Waals surface area contributed by atoms with Crippen LogP contribution in [-0.2, 0) is 24.6 Å². The van der Waals surface area contributed by atoms with E-state index in [1.54, 1.807) is 39.0 Å². The number of anilines is 3. The summed E-state index contributed by atoms with van der Waals surface area (Å²) in [7, 11) is -5.72. The molecule has 1 aliphatic heterocycles. The minimum Gasteiger partial charge on any atom is -0.444 e. The number of benzene rings is 2. The van der Waals surface area contributed by atoms with Crippen molar-refractivity contribution in [3.05, 3.63) is 48.0 Å². The predicted octanol–water partition coefficient (Wildman–Crippen LogP) is 5.43. The minimum atomic E-state index is -3.67. The van der Waals surface area contributed by atoms with Gasteiger partial charge in [-0.05, 0) is 82.0 Å². The molecule has 0 radical (unpaired) electrons. The second kappa shape index (κ2) is 15.3. The molecule has 0 bridgehead atoms. The molecule has 0 saturated carbocycles. The van der Waals surface area contributed by atoms with E-state index in [1.165, 1.54) is 31.3 Å². The van der Waals surface area contributed by atoms with Gasteiger partial charge in [-0.15, -0.1) is 0 Å². The first-order chi connectivity index (χ1) is 21.0. The molecule has 250 valence electrons. The number of nitrogens with zero attached hydrogens (tertiary/aromatic N) is 2. The monoisotopic (exact) mass is 664 g/mol. The molecule has 0 aliphatic carbocycles. The quantitative estimate of drug-likeness (QED) is 0.255. The van der Waals surface area contributed by atoms with E-state index < -0.39 is 37.5 Å². The van der Waals surface area contributed by atoms with E-state index in [2.05, 4.69) is 22.5 Å². The van der Waals surface area contributed by atoms with Crippen LogP contribution in [0.15, 0.2) is 47.4 Å². The van der Waals surface area contributed by atoms with E-state index in [0.29, 0.717) is 31.7 Å². The first-order valence-corrected chi connectivity index (χ1v) is 18.9. The lowest BCUT2D eigenvalue weighted by Crippen LogP contribution is -2.36. The third-order valence-electron chi connectivity index (χ3n) is 7.63. The van der Waals surface area contributed by atoms with Crippen molar-refractivity contribution in [3.63, 3.8) is 0 Å². The molecule has 1 saturated heterocycles. The number of sulfonamides is 1. The number of carbonyl (C=O) groups excluding carboxylic acids is 2. The van der Waals surface area contributed by atoms with Crippen LogP contribution >= 0.6 is 0 Å². The summed E-state index contributed by atoms with van der Waals surface area (Å²) in [6, 6.07) is 11.1. The van der Waals surface area contributed by atoms with Crippen LogP contribution in [0.3, 0.4) is 0 Å². The predicted molar refractivity (Wildman–Crippen MR) is 179 cm³/mol. The molecule has 0 aromatic heterocycles. The van der Waals surface area contributed by atoms with Crippen molar-refractivity contribution in [1.82, 2.24) is 5.32 Å². The number of amides is 2. The number of sulfone groups is 1. The summed E-state index contributed by atoms with van der Waals surface area (Å²) < 4.78 is 56.7. The van der Waals surface area contributed by atoms with Gasteiger partial charge in [0.05, 0.1) is 28.2 Å². The molecular weight excluding hydrogens is 617 g/mol. The van der Waals surface area contributed by atoms with Crippen molar-refractivity contribution < 1.29 is 31.2 Å². The van der Waals surface area contributed by atoms with Gasteiger partial charge in [0, 0.05) is 38.1 Å². The fourth-order valence-electron chi connectivity index (χ4n) is 5.09. The van der Waals surface area contributed by atoms with Gasteiger partial charge in [0.2, 0.25) is 10.0 Å². The zero-order valence-electron chi connectivity index (χ0n) is 27.3. The maximum absolute atomic E-state index is 13.6. The molecule has 3 rings (SSSR count). The summed E-state index contributed by atoms with van der Waals surface area (Å²) in [5, 5.41) is 5.61. The largest absolute Gasteiger partial charge is 0.444 e. The Balaban J connectivity index is 1.74. The molecule has 0 spiro atoms. The molecule has 0 unspecified atom stereocenters. The lowest BCUT2D eigenvalue weighted by molar-refractivity contribution is 0.0520. The van der Waals surface area contributed by atoms with Gasteiger partial charge in [0.15, 0.2) is 9.84 Å². The van der Waals surface area contributed by atoms with Crippen molar-refractivity contribution in [2.75, 3.05) is 53.2 Å². The maximum atomic E-state index is 13.6. The lowest BCUT2D eigenvalue weighted by Gasteiger charge is -2.24. The molecular formula is C32H48N4O7S2. The Morgan fingerprint density at radius 1 is 1.00 bits per heavy atom. The summed E-state index contributed by atoms with van der Waals surface area (Å²) >= 11 is 0. The Labute approximate surface area is 268 Å². The van der Waals surface area contributed by atoms with Crippen LogP contribution in [-0.4, -0.2) is 73.1 Å². The van der Waals surface area contributed by atoms with Crippen molar-refractivity contribution in [2.24, 2.45) is 5.92 Å². The molecule has 13 heteroatoms. The first-order valence-electron chi connectivity index (χ1n) is 15.4. The number of hydrogen-bond acceptors (Lipinski definition) is 8. The number of unbranched alkanes of at least 4 members (excludes halogenated alkanes) is 4. The summed E-state index contributed by atoms with van der Waals surface area (Å²) in [5.74, 6) is -0.291. The highest BCUT2D eigenvalue weighted by molar-refractivity contribution is 7.92. The van der Waals surface area contributed by atoms with Gasteiger partial charge in [-0.3, -0.25) is 9.10 Å². The number of hydrogen-bond donors (Lipinski definition) is 2. The van der Waals surface area contributed by atoms with Crippen LogP contribution in [0.25, 0.3) is 0 Å². The van der Waals surface area contributed by atoms with Gasteiger partial charge >= 0.3 is 6.09 Å². The molecule has 2 amide bonds. The van der Waals surface area contributed by atoms with Gasteiger partial charge in [0.1, 0.15) is 5.60 Å².